The summed E-state index contributed by atoms with van der Waals surface area (Å²) in [6, 6.07) is 0. The van der Waals surface area contributed by atoms with Gasteiger partial charge in [0.05, 0.1) is 0 Å². The summed E-state index contributed by atoms with van der Waals surface area (Å²) in [6.07, 6.45) is 5.90. The Morgan fingerprint density at radius 2 is 2.00 bits per heavy atom. The fourth-order valence-corrected chi connectivity index (χ4v) is 3.88. The minimum absolute atomic E-state index is 0.0132. The van der Waals surface area contributed by atoms with Crippen molar-refractivity contribution >= 4 is 11.9 Å². The van der Waals surface area contributed by atoms with Gasteiger partial charge in [-0.25, -0.2) is 0 Å². The van der Waals surface area contributed by atoms with Crippen molar-refractivity contribution in [2.45, 2.75) is 51.0 Å². The van der Waals surface area contributed by atoms with Gasteiger partial charge in [0.25, 0.3) is 0 Å². The minimum atomic E-state index is -0.924. The molecule has 1 amide bonds. The molecule has 2 rings (SSSR count). The highest BCUT2D eigenvalue weighted by Gasteiger charge is 2.42. The van der Waals surface area contributed by atoms with Crippen molar-refractivity contribution in [2.24, 2.45) is 0 Å². The molecule has 2 aliphatic rings. The standard InChI is InChI=1S/C17H31N3O3/c1-3-4-5-9-19-12-11-18(2)17(14-19)7-6-15(21)20(10-8-17)13-16(22)23/h3-14H2,1-2H3,(H,22,23). The molecule has 0 aromatic rings. The summed E-state index contributed by atoms with van der Waals surface area (Å²) in [6.45, 7) is 6.86. The second-order valence-electron chi connectivity index (χ2n) is 7.09. The lowest BCUT2D eigenvalue weighted by Crippen LogP contribution is -2.61. The average molecular weight is 325 g/mol. The van der Waals surface area contributed by atoms with Crippen LogP contribution < -0.4 is 0 Å². The van der Waals surface area contributed by atoms with E-state index in [1.54, 1.807) is 0 Å². The maximum absolute atomic E-state index is 12.2. The number of carboxylic acid groups (broad SMARTS) is 1. The van der Waals surface area contributed by atoms with Crippen molar-refractivity contribution in [1.82, 2.24) is 14.7 Å². The predicted molar refractivity (Wildman–Crippen MR) is 89.4 cm³/mol. The molecule has 2 fully saturated rings. The van der Waals surface area contributed by atoms with E-state index in [2.05, 4.69) is 23.8 Å². The first-order chi connectivity index (χ1) is 11.0. The van der Waals surface area contributed by atoms with Crippen molar-refractivity contribution in [2.75, 3.05) is 46.3 Å². The summed E-state index contributed by atoms with van der Waals surface area (Å²) in [5, 5.41) is 8.98. The number of hydrogen-bond acceptors (Lipinski definition) is 4. The monoisotopic (exact) mass is 325 g/mol. The average Bonchev–Trinajstić information content (AvgIpc) is 2.65. The minimum Gasteiger partial charge on any atom is -0.480 e. The van der Waals surface area contributed by atoms with E-state index in [0.29, 0.717) is 13.0 Å². The summed E-state index contributed by atoms with van der Waals surface area (Å²) in [7, 11) is 2.15. The molecule has 1 N–H and O–H groups in total. The molecule has 0 aromatic heterocycles. The van der Waals surface area contributed by atoms with Crippen LogP contribution in [0.1, 0.15) is 45.4 Å². The Morgan fingerprint density at radius 1 is 1.22 bits per heavy atom. The van der Waals surface area contributed by atoms with Crippen molar-refractivity contribution < 1.29 is 14.7 Å². The molecular weight excluding hydrogens is 294 g/mol. The highest BCUT2D eigenvalue weighted by molar-refractivity contribution is 5.81. The highest BCUT2D eigenvalue weighted by atomic mass is 16.4. The van der Waals surface area contributed by atoms with E-state index in [1.165, 1.54) is 24.2 Å². The van der Waals surface area contributed by atoms with Gasteiger partial charge < -0.3 is 14.9 Å². The van der Waals surface area contributed by atoms with E-state index < -0.39 is 5.97 Å². The molecule has 2 heterocycles. The summed E-state index contributed by atoms with van der Waals surface area (Å²) in [5.74, 6) is -0.937. The van der Waals surface area contributed by atoms with Gasteiger partial charge in [-0.2, -0.15) is 0 Å². The number of likely N-dealkylation sites (N-methyl/N-ethyl adjacent to an activating group) is 1. The first kappa shape index (κ1) is 18.2. The Bertz CT molecular complexity index is 429. The normalized spacial score (nSPS) is 27.4. The van der Waals surface area contributed by atoms with E-state index in [9.17, 15) is 9.59 Å². The summed E-state index contributed by atoms with van der Waals surface area (Å²) >= 11 is 0. The third kappa shape index (κ3) is 4.67. The summed E-state index contributed by atoms with van der Waals surface area (Å²) in [4.78, 5) is 29.6. The number of aliphatic carboxylic acids is 1. The summed E-state index contributed by atoms with van der Waals surface area (Å²) in [5.41, 5.74) is 0.0212. The van der Waals surface area contributed by atoms with Crippen LogP contribution >= 0.6 is 0 Å². The van der Waals surface area contributed by atoms with Crippen LogP contribution in [0.15, 0.2) is 0 Å². The molecule has 132 valence electrons. The first-order valence-corrected chi connectivity index (χ1v) is 8.90. The number of carbonyl (C=O) groups excluding carboxylic acids is 1. The number of hydrogen-bond donors (Lipinski definition) is 1. The Labute approximate surface area is 139 Å². The fourth-order valence-electron chi connectivity index (χ4n) is 3.88. The topological polar surface area (TPSA) is 64.1 Å². The molecular formula is C17H31N3O3. The third-order valence-electron chi connectivity index (χ3n) is 5.49. The molecule has 0 aromatic carbocycles. The summed E-state index contributed by atoms with van der Waals surface area (Å²) < 4.78 is 0. The lowest BCUT2D eigenvalue weighted by Gasteiger charge is -2.49. The first-order valence-electron chi connectivity index (χ1n) is 8.90. The quantitative estimate of drug-likeness (QED) is 0.745. The molecule has 0 bridgehead atoms. The highest BCUT2D eigenvalue weighted by Crippen LogP contribution is 2.32. The van der Waals surface area contributed by atoms with E-state index in [1.807, 2.05) is 0 Å². The maximum atomic E-state index is 12.2. The number of carboxylic acids is 1. The number of rotatable bonds is 6. The van der Waals surface area contributed by atoms with Crippen LogP contribution in [0.4, 0.5) is 0 Å². The fraction of sp³-hybridized carbons (Fsp3) is 0.882. The van der Waals surface area contributed by atoms with Crippen LogP contribution in [0.25, 0.3) is 0 Å². The molecule has 2 saturated heterocycles. The van der Waals surface area contributed by atoms with Gasteiger partial charge in [0.1, 0.15) is 6.54 Å². The number of nitrogens with zero attached hydrogens (tertiary/aromatic N) is 3. The molecule has 2 aliphatic heterocycles. The van der Waals surface area contributed by atoms with Gasteiger partial charge in [-0.1, -0.05) is 19.8 Å². The van der Waals surface area contributed by atoms with E-state index in [0.717, 1.165) is 39.0 Å². The molecule has 0 radical (unpaired) electrons. The number of carbonyl (C=O) groups is 2. The van der Waals surface area contributed by atoms with E-state index >= 15 is 0 Å². The van der Waals surface area contributed by atoms with Crippen LogP contribution in [-0.4, -0.2) is 83.5 Å². The zero-order chi connectivity index (χ0) is 16.9. The van der Waals surface area contributed by atoms with Crippen molar-refractivity contribution in [3.63, 3.8) is 0 Å². The molecule has 6 heteroatoms. The van der Waals surface area contributed by atoms with E-state index in [4.69, 9.17) is 5.11 Å². The third-order valence-corrected chi connectivity index (χ3v) is 5.49. The Morgan fingerprint density at radius 3 is 2.70 bits per heavy atom. The van der Waals surface area contributed by atoms with Gasteiger partial charge in [-0.3, -0.25) is 14.5 Å². The second kappa shape index (κ2) is 8.11. The van der Waals surface area contributed by atoms with Crippen LogP contribution in [0, 0.1) is 0 Å². The lowest BCUT2D eigenvalue weighted by atomic mass is 9.86. The Balaban J connectivity index is 2.00. The van der Waals surface area contributed by atoms with Crippen LogP contribution in [0.5, 0.6) is 0 Å². The van der Waals surface area contributed by atoms with Gasteiger partial charge in [0.15, 0.2) is 0 Å². The number of unbranched alkanes of at least 4 members (excludes halogenated alkanes) is 2. The van der Waals surface area contributed by atoms with Crippen LogP contribution in [-0.2, 0) is 9.59 Å². The van der Waals surface area contributed by atoms with Gasteiger partial charge in [-0.05, 0) is 32.9 Å². The molecule has 23 heavy (non-hydrogen) atoms. The zero-order valence-electron chi connectivity index (χ0n) is 14.6. The van der Waals surface area contributed by atoms with E-state index in [-0.39, 0.29) is 18.0 Å². The number of likely N-dealkylation sites (tertiary alicyclic amines) is 1. The predicted octanol–water partition coefficient (Wildman–Crippen LogP) is 1.26. The van der Waals surface area contributed by atoms with Crippen molar-refractivity contribution in [3.05, 3.63) is 0 Å². The van der Waals surface area contributed by atoms with Gasteiger partial charge >= 0.3 is 5.97 Å². The molecule has 0 aliphatic carbocycles. The van der Waals surface area contributed by atoms with Crippen LogP contribution in [0.3, 0.4) is 0 Å². The van der Waals surface area contributed by atoms with Crippen molar-refractivity contribution in [3.8, 4) is 0 Å². The largest absolute Gasteiger partial charge is 0.480 e. The number of piperazine rings is 1. The molecule has 0 saturated carbocycles. The maximum Gasteiger partial charge on any atom is 0.323 e. The van der Waals surface area contributed by atoms with Gasteiger partial charge in [0, 0.05) is 38.1 Å². The second-order valence-corrected chi connectivity index (χ2v) is 7.09. The molecule has 1 spiro atoms. The molecule has 6 nitrogen and oxygen atoms in total. The zero-order valence-corrected chi connectivity index (χ0v) is 14.6. The van der Waals surface area contributed by atoms with Crippen LogP contribution in [0.2, 0.25) is 0 Å². The Kier molecular flexibility index (Phi) is 6.41. The molecule has 1 unspecified atom stereocenters. The lowest BCUT2D eigenvalue weighted by molar-refractivity contribution is -0.144. The number of amides is 1. The van der Waals surface area contributed by atoms with Gasteiger partial charge in [0.2, 0.25) is 5.91 Å². The van der Waals surface area contributed by atoms with Crippen molar-refractivity contribution in [1.29, 1.82) is 0 Å². The smallest absolute Gasteiger partial charge is 0.323 e. The molecule has 1 atom stereocenters. The van der Waals surface area contributed by atoms with Gasteiger partial charge in [-0.15, -0.1) is 0 Å². The Hall–Kier alpha value is -1.14. The SMILES string of the molecule is CCCCCN1CCN(C)C2(CCC(=O)N(CC(=O)O)CC2)C1.